The predicted octanol–water partition coefficient (Wildman–Crippen LogP) is 2.88. The van der Waals surface area contributed by atoms with E-state index in [1.165, 1.54) is 0 Å². The van der Waals surface area contributed by atoms with Crippen molar-refractivity contribution >= 4 is 46.6 Å². The van der Waals surface area contributed by atoms with E-state index in [1.807, 2.05) is 44.2 Å². The lowest BCUT2D eigenvalue weighted by molar-refractivity contribution is 1.27. The zero-order chi connectivity index (χ0) is 15.7. The van der Waals surface area contributed by atoms with E-state index in [4.69, 9.17) is 4.98 Å². The van der Waals surface area contributed by atoms with Crippen LogP contribution in [0.2, 0.25) is 0 Å². The van der Waals surface area contributed by atoms with Crippen LogP contribution in [0.25, 0.3) is 46.6 Å². The van der Waals surface area contributed by atoms with E-state index in [2.05, 4.69) is 28.1 Å². The summed E-state index contributed by atoms with van der Waals surface area (Å²) in [7, 11) is 0. The van der Waals surface area contributed by atoms with E-state index in [0.29, 0.717) is 0 Å². The number of aromatic amines is 2. The number of aromatic nitrogens is 4. The normalized spacial score (nSPS) is 13.7. The number of fused-ring (bicyclic) bond motifs is 2. The number of H-pyrrole nitrogens is 2. The molecule has 0 aliphatic rings. The van der Waals surface area contributed by atoms with Gasteiger partial charge < -0.3 is 9.97 Å². The summed E-state index contributed by atoms with van der Waals surface area (Å²) in [5, 5.41) is 2.00. The third kappa shape index (κ3) is 2.00. The molecular weight excluding hydrogens is 272 g/mol. The number of hydrogen-bond acceptors (Lipinski definition) is 2. The maximum atomic E-state index is 4.81. The molecule has 3 rings (SSSR count). The summed E-state index contributed by atoms with van der Waals surface area (Å²) < 4.78 is 0. The van der Waals surface area contributed by atoms with Gasteiger partial charge in [-0.15, -0.1) is 0 Å². The lowest BCUT2D eigenvalue weighted by atomic mass is 10.2. The minimum Gasteiger partial charge on any atom is -0.338 e. The van der Waals surface area contributed by atoms with Gasteiger partial charge in [-0.25, -0.2) is 9.97 Å². The van der Waals surface area contributed by atoms with Gasteiger partial charge in [0.1, 0.15) is 11.0 Å². The van der Waals surface area contributed by atoms with Crippen molar-refractivity contribution in [3.05, 3.63) is 47.1 Å². The van der Waals surface area contributed by atoms with Gasteiger partial charge in [0.05, 0.1) is 0 Å². The highest BCUT2D eigenvalue weighted by Gasteiger charge is 2.12. The molecule has 0 atom stereocenters. The molecule has 0 radical (unpaired) electrons. The molecule has 0 aliphatic carbocycles. The Labute approximate surface area is 128 Å². The molecule has 0 unspecified atom stereocenters. The summed E-state index contributed by atoms with van der Waals surface area (Å²) in [6.45, 7) is 11.6. The van der Waals surface area contributed by atoms with Gasteiger partial charge >= 0.3 is 0 Å². The number of hydrogen-bond donors (Lipinski definition) is 2. The maximum absolute atomic E-state index is 4.81. The molecule has 0 aliphatic heterocycles. The third-order valence-corrected chi connectivity index (χ3v) is 3.60. The zero-order valence-corrected chi connectivity index (χ0v) is 12.8. The smallest absolute Gasteiger partial charge is 0.159 e. The second-order valence-corrected chi connectivity index (χ2v) is 4.92. The van der Waals surface area contributed by atoms with Gasteiger partial charge in [0, 0.05) is 21.8 Å². The van der Waals surface area contributed by atoms with Crippen molar-refractivity contribution in [3.63, 3.8) is 0 Å². The molecule has 2 N–H and O–H groups in total. The maximum Gasteiger partial charge on any atom is 0.159 e. The van der Waals surface area contributed by atoms with Crippen molar-refractivity contribution in [1.82, 2.24) is 19.9 Å². The first-order chi connectivity index (χ1) is 10.7. The summed E-state index contributed by atoms with van der Waals surface area (Å²) in [6, 6.07) is 0. The van der Waals surface area contributed by atoms with Crippen molar-refractivity contribution in [1.29, 1.82) is 0 Å². The second kappa shape index (κ2) is 5.48. The number of nitrogens with zero attached hydrogens (tertiary/aromatic N) is 2. The lowest BCUT2D eigenvalue weighted by Crippen LogP contribution is -2.22. The summed E-state index contributed by atoms with van der Waals surface area (Å²) in [4.78, 5) is 16.1. The van der Waals surface area contributed by atoms with Gasteiger partial charge in [-0.1, -0.05) is 37.5 Å². The van der Waals surface area contributed by atoms with Crippen LogP contribution in [0.4, 0.5) is 0 Å². The number of rotatable bonds is 3. The minimum absolute atomic E-state index is 0.754. The summed E-state index contributed by atoms with van der Waals surface area (Å²) in [5.41, 5.74) is 5.15. The van der Waals surface area contributed by atoms with Gasteiger partial charge in [0.2, 0.25) is 0 Å². The van der Waals surface area contributed by atoms with Crippen molar-refractivity contribution < 1.29 is 0 Å². The molecule has 3 heterocycles. The van der Waals surface area contributed by atoms with Gasteiger partial charge in [-0.05, 0) is 26.0 Å². The van der Waals surface area contributed by atoms with Gasteiger partial charge in [-0.3, -0.25) is 0 Å². The highest BCUT2D eigenvalue weighted by Crippen LogP contribution is 2.22. The van der Waals surface area contributed by atoms with Crippen LogP contribution in [0, 0.1) is 0 Å². The van der Waals surface area contributed by atoms with Gasteiger partial charge in [0.15, 0.2) is 11.3 Å². The highest BCUT2D eigenvalue weighted by molar-refractivity contribution is 5.92. The topological polar surface area (TPSA) is 57.4 Å². The van der Waals surface area contributed by atoms with E-state index >= 15 is 0 Å². The minimum atomic E-state index is 0.754. The average molecular weight is 290 g/mol. The highest BCUT2D eigenvalue weighted by atomic mass is 15.0. The molecule has 22 heavy (non-hydrogen) atoms. The monoisotopic (exact) mass is 290 g/mol. The predicted molar refractivity (Wildman–Crippen MR) is 94.6 cm³/mol. The van der Waals surface area contributed by atoms with Crippen molar-refractivity contribution in [2.45, 2.75) is 13.8 Å². The lowest BCUT2D eigenvalue weighted by Gasteiger charge is -1.93. The van der Waals surface area contributed by atoms with Gasteiger partial charge in [0.25, 0.3) is 0 Å². The van der Waals surface area contributed by atoms with E-state index in [1.54, 1.807) is 6.08 Å². The molecule has 3 aromatic rings. The summed E-state index contributed by atoms with van der Waals surface area (Å²) in [6.07, 6.45) is 11.5. The molecule has 3 aromatic heterocycles. The Kier molecular flexibility index (Phi) is 3.51. The number of nitrogens with one attached hydrogen (secondary N) is 2. The Hall–Kier alpha value is -2.88. The first-order valence-electron chi connectivity index (χ1n) is 7.19. The Morgan fingerprint density at radius 3 is 2.41 bits per heavy atom. The molecule has 0 aromatic carbocycles. The van der Waals surface area contributed by atoms with Crippen LogP contribution in [-0.2, 0) is 0 Å². The molecule has 0 saturated carbocycles. The summed E-state index contributed by atoms with van der Waals surface area (Å²) in [5.74, 6) is 0. The molecule has 0 spiro atoms. The fourth-order valence-corrected chi connectivity index (χ4v) is 2.68. The van der Waals surface area contributed by atoms with E-state index in [-0.39, 0.29) is 0 Å². The summed E-state index contributed by atoms with van der Waals surface area (Å²) >= 11 is 0. The van der Waals surface area contributed by atoms with Crippen LogP contribution in [-0.4, -0.2) is 19.9 Å². The largest absolute Gasteiger partial charge is 0.338 e. The zero-order valence-electron chi connectivity index (χ0n) is 12.8. The van der Waals surface area contributed by atoms with Gasteiger partial charge in [-0.2, -0.15) is 0 Å². The van der Waals surface area contributed by atoms with Crippen LogP contribution >= 0.6 is 0 Å². The van der Waals surface area contributed by atoms with Crippen molar-refractivity contribution in [2.75, 3.05) is 0 Å². The Morgan fingerprint density at radius 1 is 1.00 bits per heavy atom. The third-order valence-electron chi connectivity index (χ3n) is 3.60. The Balaban J connectivity index is 2.49. The standard InChI is InChI=1S/C18H18N4/c1-5-9-13-11(7-3)15-17(19-13)22-18-16(21-15)12(8-4)14(20-18)10-6-2/h5-10H,1,4H2,2-3H3,(H2,19,20,22)/b10-6-,11-7+,13-9+. The molecule has 0 saturated heterocycles. The molecule has 4 heteroatoms. The fraction of sp³-hybridized carbons (Fsp3) is 0.111. The van der Waals surface area contributed by atoms with Crippen molar-refractivity contribution in [3.8, 4) is 0 Å². The van der Waals surface area contributed by atoms with Crippen LogP contribution in [0.1, 0.15) is 25.1 Å². The van der Waals surface area contributed by atoms with E-state index < -0.39 is 0 Å². The SMILES string of the molecule is C=C/C=c1/[nH]c2nc3[nH]c(/C=C\C)c(C=C)c3nc2/c1=C/C. The van der Waals surface area contributed by atoms with E-state index in [9.17, 15) is 0 Å². The van der Waals surface area contributed by atoms with Crippen LogP contribution in [0.5, 0.6) is 0 Å². The molecule has 110 valence electrons. The molecule has 0 amide bonds. The van der Waals surface area contributed by atoms with Crippen LogP contribution < -0.4 is 10.6 Å². The van der Waals surface area contributed by atoms with E-state index in [0.717, 1.165) is 44.2 Å². The average Bonchev–Trinajstić information content (AvgIpc) is 3.01. The van der Waals surface area contributed by atoms with Crippen LogP contribution in [0.15, 0.2) is 25.3 Å². The molecule has 0 fully saturated rings. The fourth-order valence-electron chi connectivity index (χ4n) is 2.68. The Morgan fingerprint density at radius 2 is 1.77 bits per heavy atom. The van der Waals surface area contributed by atoms with Crippen LogP contribution in [0.3, 0.4) is 0 Å². The number of allylic oxidation sites excluding steroid dienone is 2. The first-order valence-corrected chi connectivity index (χ1v) is 7.19. The van der Waals surface area contributed by atoms with Crippen molar-refractivity contribution in [2.24, 2.45) is 0 Å². The quantitative estimate of drug-likeness (QED) is 0.779. The molecule has 0 bridgehead atoms. The molecular formula is C18H18N4. The second-order valence-electron chi connectivity index (χ2n) is 4.92. The first kappa shape index (κ1) is 14.1. The molecule has 4 nitrogen and oxygen atoms in total. The Bertz CT molecular complexity index is 1030.